The zero-order chi connectivity index (χ0) is 13.2. The van der Waals surface area contributed by atoms with Crippen molar-refractivity contribution in [3.8, 4) is 0 Å². The van der Waals surface area contributed by atoms with Crippen molar-refractivity contribution < 1.29 is 4.79 Å². The monoisotopic (exact) mass is 255 g/mol. The smallest absolute Gasteiger partial charge is 0.219 e. The molecule has 1 heterocycles. The Balaban J connectivity index is 2.02. The van der Waals surface area contributed by atoms with Crippen LogP contribution in [-0.4, -0.2) is 50.6 Å². The third-order valence-electron chi connectivity index (χ3n) is 3.72. The van der Waals surface area contributed by atoms with Gasteiger partial charge in [0, 0.05) is 13.5 Å². The second-order valence-corrected chi connectivity index (χ2v) is 5.27. The molecule has 0 bridgehead atoms. The Labute approximate surface area is 111 Å². The molecular weight excluding hydrogens is 226 g/mol. The second-order valence-electron chi connectivity index (χ2n) is 5.27. The maximum absolute atomic E-state index is 11.1. The number of nitrogens with zero attached hydrogens (tertiary/aromatic N) is 1. The van der Waals surface area contributed by atoms with Crippen LogP contribution < -0.4 is 10.6 Å². The topological polar surface area (TPSA) is 44.4 Å². The minimum Gasteiger partial charge on any atom is -0.359 e. The van der Waals surface area contributed by atoms with Crippen LogP contribution in [0.4, 0.5) is 0 Å². The van der Waals surface area contributed by atoms with Gasteiger partial charge < -0.3 is 15.5 Å². The lowest BCUT2D eigenvalue weighted by Gasteiger charge is -2.32. The fourth-order valence-corrected chi connectivity index (χ4v) is 2.49. The van der Waals surface area contributed by atoms with Gasteiger partial charge in [0.2, 0.25) is 5.91 Å². The summed E-state index contributed by atoms with van der Waals surface area (Å²) in [6.07, 6.45) is 5.47. The molecule has 4 heteroatoms. The maximum Gasteiger partial charge on any atom is 0.219 e. The number of hydrogen-bond acceptors (Lipinski definition) is 3. The molecule has 0 atom stereocenters. The number of carbonyl (C=O) groups excluding carboxylic acids is 1. The summed E-state index contributed by atoms with van der Waals surface area (Å²) >= 11 is 0. The molecule has 0 spiro atoms. The van der Waals surface area contributed by atoms with Crippen molar-refractivity contribution in [2.45, 2.75) is 39.0 Å². The van der Waals surface area contributed by atoms with E-state index in [-0.39, 0.29) is 5.91 Å². The lowest BCUT2D eigenvalue weighted by molar-refractivity contribution is -0.120. The molecule has 0 unspecified atom stereocenters. The van der Waals surface area contributed by atoms with E-state index in [0.29, 0.717) is 6.42 Å². The predicted molar refractivity (Wildman–Crippen MR) is 75.6 cm³/mol. The molecular formula is C14H29N3O. The van der Waals surface area contributed by atoms with E-state index in [9.17, 15) is 4.79 Å². The van der Waals surface area contributed by atoms with Crippen LogP contribution in [0.1, 0.15) is 39.0 Å². The molecule has 2 N–H and O–H groups in total. The first-order valence-corrected chi connectivity index (χ1v) is 7.40. The number of carbonyl (C=O) groups is 1. The van der Waals surface area contributed by atoms with Gasteiger partial charge in [-0.3, -0.25) is 4.79 Å². The largest absolute Gasteiger partial charge is 0.359 e. The van der Waals surface area contributed by atoms with E-state index in [1.165, 1.54) is 38.9 Å². The first-order valence-electron chi connectivity index (χ1n) is 7.40. The number of likely N-dealkylation sites (tertiary alicyclic amines) is 1. The summed E-state index contributed by atoms with van der Waals surface area (Å²) in [4.78, 5) is 13.6. The highest BCUT2D eigenvalue weighted by Crippen LogP contribution is 2.16. The molecule has 0 aromatic rings. The number of nitrogens with one attached hydrogen (secondary N) is 2. The van der Waals surface area contributed by atoms with Gasteiger partial charge in [-0.1, -0.05) is 6.92 Å². The predicted octanol–water partition coefficient (Wildman–Crippen LogP) is 1.22. The third-order valence-corrected chi connectivity index (χ3v) is 3.72. The highest BCUT2D eigenvalue weighted by atomic mass is 16.1. The van der Waals surface area contributed by atoms with Crippen molar-refractivity contribution in [2.75, 3.05) is 39.8 Å². The summed E-state index contributed by atoms with van der Waals surface area (Å²) in [5.41, 5.74) is 0. The zero-order valence-corrected chi connectivity index (χ0v) is 12.0. The second kappa shape index (κ2) is 9.34. The van der Waals surface area contributed by atoms with Crippen molar-refractivity contribution in [2.24, 2.45) is 5.92 Å². The van der Waals surface area contributed by atoms with Gasteiger partial charge in [0.05, 0.1) is 0 Å². The first kappa shape index (κ1) is 15.4. The van der Waals surface area contributed by atoms with Gasteiger partial charge in [0.25, 0.3) is 0 Å². The van der Waals surface area contributed by atoms with Crippen LogP contribution in [0.25, 0.3) is 0 Å². The lowest BCUT2D eigenvalue weighted by Crippen LogP contribution is -2.38. The fourth-order valence-electron chi connectivity index (χ4n) is 2.49. The fraction of sp³-hybridized carbons (Fsp3) is 0.929. The average Bonchev–Trinajstić information content (AvgIpc) is 2.40. The average molecular weight is 255 g/mol. The normalized spacial score (nSPS) is 17.9. The quantitative estimate of drug-likeness (QED) is 0.641. The van der Waals surface area contributed by atoms with Gasteiger partial charge in [-0.25, -0.2) is 0 Å². The van der Waals surface area contributed by atoms with E-state index < -0.39 is 0 Å². The van der Waals surface area contributed by atoms with E-state index in [1.807, 2.05) is 0 Å². The Morgan fingerprint density at radius 3 is 2.67 bits per heavy atom. The van der Waals surface area contributed by atoms with E-state index in [2.05, 4.69) is 22.5 Å². The number of hydrogen-bond donors (Lipinski definition) is 2. The maximum atomic E-state index is 11.1. The summed E-state index contributed by atoms with van der Waals surface area (Å²) in [6, 6.07) is 0. The summed E-state index contributed by atoms with van der Waals surface area (Å²) in [5.74, 6) is 1.01. The third kappa shape index (κ3) is 6.36. The van der Waals surface area contributed by atoms with Crippen LogP contribution >= 0.6 is 0 Å². The molecule has 1 aliphatic heterocycles. The van der Waals surface area contributed by atoms with Crippen molar-refractivity contribution in [3.05, 3.63) is 0 Å². The number of piperidine rings is 1. The molecule has 0 aliphatic carbocycles. The van der Waals surface area contributed by atoms with Crippen molar-refractivity contribution in [3.63, 3.8) is 0 Å². The highest BCUT2D eigenvalue weighted by molar-refractivity contribution is 5.75. The molecule has 18 heavy (non-hydrogen) atoms. The molecule has 1 saturated heterocycles. The molecule has 0 aromatic heterocycles. The summed E-state index contributed by atoms with van der Waals surface area (Å²) in [6.45, 7) is 8.01. The Hall–Kier alpha value is -0.610. The van der Waals surface area contributed by atoms with Gasteiger partial charge in [-0.2, -0.15) is 0 Å². The van der Waals surface area contributed by atoms with Crippen LogP contribution in [0.3, 0.4) is 0 Å². The Kier molecular flexibility index (Phi) is 8.01. The molecule has 1 rings (SSSR count). The van der Waals surface area contributed by atoms with Gasteiger partial charge in [0.1, 0.15) is 0 Å². The van der Waals surface area contributed by atoms with E-state index in [1.54, 1.807) is 7.05 Å². The van der Waals surface area contributed by atoms with E-state index in [4.69, 9.17) is 0 Å². The molecule has 1 fully saturated rings. The number of amides is 1. The van der Waals surface area contributed by atoms with Crippen molar-refractivity contribution in [1.29, 1.82) is 0 Å². The molecule has 0 radical (unpaired) electrons. The van der Waals surface area contributed by atoms with Gasteiger partial charge in [-0.05, 0) is 64.3 Å². The van der Waals surface area contributed by atoms with Crippen molar-refractivity contribution in [1.82, 2.24) is 15.5 Å². The van der Waals surface area contributed by atoms with Crippen LogP contribution in [0, 0.1) is 5.92 Å². The SMILES string of the molecule is CCCNCC1CCN(CCCC(=O)NC)CC1. The van der Waals surface area contributed by atoms with Crippen LogP contribution in [0.5, 0.6) is 0 Å². The molecule has 0 saturated carbocycles. The Morgan fingerprint density at radius 1 is 1.33 bits per heavy atom. The molecule has 4 nitrogen and oxygen atoms in total. The standard InChI is InChI=1S/C14H29N3O/c1-3-8-16-12-13-6-10-17(11-7-13)9-4-5-14(18)15-2/h13,16H,3-12H2,1-2H3,(H,15,18). The van der Waals surface area contributed by atoms with Crippen molar-refractivity contribution >= 4 is 5.91 Å². The van der Waals surface area contributed by atoms with Gasteiger partial charge in [-0.15, -0.1) is 0 Å². The first-order chi connectivity index (χ1) is 8.76. The van der Waals surface area contributed by atoms with E-state index >= 15 is 0 Å². The summed E-state index contributed by atoms with van der Waals surface area (Å²) in [5, 5.41) is 6.19. The Bertz CT molecular complexity index is 225. The van der Waals surface area contributed by atoms with E-state index in [0.717, 1.165) is 25.4 Å². The van der Waals surface area contributed by atoms with Crippen LogP contribution in [0.2, 0.25) is 0 Å². The minimum atomic E-state index is 0.161. The molecule has 0 aromatic carbocycles. The summed E-state index contributed by atoms with van der Waals surface area (Å²) < 4.78 is 0. The summed E-state index contributed by atoms with van der Waals surface area (Å²) in [7, 11) is 1.71. The highest BCUT2D eigenvalue weighted by Gasteiger charge is 2.18. The molecule has 1 amide bonds. The lowest BCUT2D eigenvalue weighted by atomic mass is 9.96. The Morgan fingerprint density at radius 2 is 2.06 bits per heavy atom. The van der Waals surface area contributed by atoms with Gasteiger partial charge >= 0.3 is 0 Å². The number of rotatable bonds is 8. The van der Waals surface area contributed by atoms with Gasteiger partial charge in [0.15, 0.2) is 0 Å². The minimum absolute atomic E-state index is 0.161. The van der Waals surface area contributed by atoms with Crippen LogP contribution in [-0.2, 0) is 4.79 Å². The van der Waals surface area contributed by atoms with Crippen LogP contribution in [0.15, 0.2) is 0 Å². The molecule has 1 aliphatic rings. The zero-order valence-electron chi connectivity index (χ0n) is 12.0. The molecule has 106 valence electrons.